The number of hydrogen-bond acceptors (Lipinski definition) is 5. The molecular formula is C18H27N3O3. The number of likely N-dealkylation sites (tertiary alicyclic amines) is 2. The Hall–Kier alpha value is -1.79. The average molecular weight is 333 g/mol. The molecule has 2 aliphatic heterocycles. The summed E-state index contributed by atoms with van der Waals surface area (Å²) < 4.78 is 4.95. The van der Waals surface area contributed by atoms with Crippen LogP contribution < -0.4 is 5.73 Å². The molecule has 2 saturated heterocycles. The van der Waals surface area contributed by atoms with Gasteiger partial charge in [-0.3, -0.25) is 9.80 Å². The highest BCUT2D eigenvalue weighted by Crippen LogP contribution is 2.29. The van der Waals surface area contributed by atoms with Crippen LogP contribution in [0.5, 0.6) is 5.75 Å². The number of phenols is 1. The van der Waals surface area contributed by atoms with Gasteiger partial charge < -0.3 is 15.6 Å². The van der Waals surface area contributed by atoms with Crippen LogP contribution in [0.15, 0.2) is 12.1 Å². The van der Waals surface area contributed by atoms with Crippen LogP contribution in [0.3, 0.4) is 0 Å². The molecule has 0 saturated carbocycles. The highest BCUT2D eigenvalue weighted by Gasteiger charge is 2.19. The van der Waals surface area contributed by atoms with E-state index in [1.165, 1.54) is 25.7 Å². The number of nitrogens with two attached hydrogens (primary N) is 1. The molecule has 6 nitrogen and oxygen atoms in total. The Morgan fingerprint density at radius 2 is 1.46 bits per heavy atom. The lowest BCUT2D eigenvalue weighted by Gasteiger charge is -2.21. The summed E-state index contributed by atoms with van der Waals surface area (Å²) in [5.74, 6) is 0.386. The SMILES string of the molecule is NC(=O)OCc1cc(CN2CCCC2)c(O)c(CN2CCCC2)c1. The fourth-order valence-corrected chi connectivity index (χ4v) is 3.67. The Balaban J connectivity index is 1.80. The fourth-order valence-electron chi connectivity index (χ4n) is 3.67. The third-order valence-corrected chi connectivity index (χ3v) is 4.89. The minimum Gasteiger partial charge on any atom is -0.507 e. The van der Waals surface area contributed by atoms with Gasteiger partial charge in [0.2, 0.25) is 0 Å². The number of aromatic hydroxyl groups is 1. The van der Waals surface area contributed by atoms with Gasteiger partial charge >= 0.3 is 6.09 Å². The summed E-state index contributed by atoms with van der Waals surface area (Å²) in [5.41, 5.74) is 7.79. The van der Waals surface area contributed by atoms with E-state index in [0.29, 0.717) is 5.75 Å². The van der Waals surface area contributed by atoms with Crippen molar-refractivity contribution in [2.24, 2.45) is 5.73 Å². The molecule has 1 aromatic rings. The number of carbonyl (C=O) groups excluding carboxylic acids is 1. The van der Waals surface area contributed by atoms with Gasteiger partial charge in [0.1, 0.15) is 12.4 Å². The highest BCUT2D eigenvalue weighted by atomic mass is 16.5. The average Bonchev–Trinajstić information content (AvgIpc) is 3.23. The minimum absolute atomic E-state index is 0.148. The lowest BCUT2D eigenvalue weighted by Crippen LogP contribution is -2.21. The molecule has 0 radical (unpaired) electrons. The number of nitrogens with zero attached hydrogens (tertiary/aromatic N) is 2. The molecule has 6 heteroatoms. The van der Waals surface area contributed by atoms with Crippen LogP contribution in [0.1, 0.15) is 42.4 Å². The molecule has 0 aromatic heterocycles. The van der Waals surface area contributed by atoms with Crippen molar-refractivity contribution in [2.75, 3.05) is 26.2 Å². The number of ether oxygens (including phenoxy) is 1. The number of carbonyl (C=O) groups is 1. The molecule has 0 aliphatic carbocycles. The first-order valence-corrected chi connectivity index (χ1v) is 8.82. The van der Waals surface area contributed by atoms with Gasteiger partial charge in [-0.1, -0.05) is 0 Å². The second kappa shape index (κ2) is 7.85. The molecule has 0 spiro atoms. The molecule has 3 rings (SSSR count). The zero-order valence-electron chi connectivity index (χ0n) is 14.2. The Kier molecular flexibility index (Phi) is 5.58. The van der Waals surface area contributed by atoms with Crippen LogP contribution >= 0.6 is 0 Å². The maximum Gasteiger partial charge on any atom is 0.404 e. The van der Waals surface area contributed by atoms with Crippen molar-refractivity contribution < 1.29 is 14.6 Å². The normalized spacial score (nSPS) is 19.0. The van der Waals surface area contributed by atoms with Gasteiger partial charge in [0.25, 0.3) is 0 Å². The van der Waals surface area contributed by atoms with Crippen molar-refractivity contribution >= 4 is 6.09 Å². The van der Waals surface area contributed by atoms with Crippen LogP contribution in [-0.4, -0.2) is 47.2 Å². The number of rotatable bonds is 6. The zero-order chi connectivity index (χ0) is 16.9. The Morgan fingerprint density at radius 1 is 1.00 bits per heavy atom. The van der Waals surface area contributed by atoms with Gasteiger partial charge in [-0.05, 0) is 69.6 Å². The summed E-state index contributed by atoms with van der Waals surface area (Å²) in [6, 6.07) is 3.87. The smallest absolute Gasteiger partial charge is 0.404 e. The largest absolute Gasteiger partial charge is 0.507 e. The van der Waals surface area contributed by atoms with Crippen LogP contribution in [0.4, 0.5) is 4.79 Å². The van der Waals surface area contributed by atoms with Gasteiger partial charge in [-0.25, -0.2) is 4.79 Å². The maximum absolute atomic E-state index is 10.9. The second-order valence-electron chi connectivity index (χ2n) is 6.84. The number of phenolic OH excluding ortho intramolecular Hbond substituents is 1. The summed E-state index contributed by atoms with van der Waals surface area (Å²) in [7, 11) is 0. The predicted octanol–water partition coefficient (Wildman–Crippen LogP) is 2.18. The zero-order valence-corrected chi connectivity index (χ0v) is 14.2. The van der Waals surface area contributed by atoms with Crippen molar-refractivity contribution in [1.82, 2.24) is 9.80 Å². The van der Waals surface area contributed by atoms with Crippen LogP contribution in [0.25, 0.3) is 0 Å². The fraction of sp³-hybridized carbons (Fsp3) is 0.611. The van der Waals surface area contributed by atoms with Gasteiger partial charge in [0.05, 0.1) is 0 Å². The first-order valence-electron chi connectivity index (χ1n) is 8.82. The van der Waals surface area contributed by atoms with E-state index in [9.17, 15) is 9.90 Å². The topological polar surface area (TPSA) is 79.0 Å². The molecule has 24 heavy (non-hydrogen) atoms. The number of primary amides is 1. The molecule has 1 amide bonds. The molecule has 2 heterocycles. The standard InChI is InChI=1S/C18H27N3O3/c19-18(23)24-13-14-9-15(11-20-5-1-2-6-20)17(22)16(10-14)12-21-7-3-4-8-21/h9-10,22H,1-8,11-13H2,(H2,19,23). The third kappa shape index (κ3) is 4.39. The van der Waals surface area contributed by atoms with Crippen molar-refractivity contribution in [3.8, 4) is 5.75 Å². The quantitative estimate of drug-likeness (QED) is 0.834. The Morgan fingerprint density at radius 3 is 1.88 bits per heavy atom. The predicted molar refractivity (Wildman–Crippen MR) is 91.5 cm³/mol. The molecule has 1 aromatic carbocycles. The maximum atomic E-state index is 10.9. The molecule has 0 bridgehead atoms. The summed E-state index contributed by atoms with van der Waals surface area (Å²) in [4.78, 5) is 15.6. The number of amides is 1. The van der Waals surface area contributed by atoms with E-state index in [1.54, 1.807) is 0 Å². The van der Waals surface area contributed by atoms with Crippen molar-refractivity contribution in [1.29, 1.82) is 0 Å². The van der Waals surface area contributed by atoms with E-state index < -0.39 is 6.09 Å². The van der Waals surface area contributed by atoms with E-state index in [2.05, 4.69) is 9.80 Å². The molecule has 2 aliphatic rings. The second-order valence-corrected chi connectivity index (χ2v) is 6.84. The summed E-state index contributed by atoms with van der Waals surface area (Å²) >= 11 is 0. The van der Waals surface area contributed by atoms with E-state index in [0.717, 1.165) is 56.0 Å². The van der Waals surface area contributed by atoms with Gasteiger partial charge in [-0.15, -0.1) is 0 Å². The first kappa shape index (κ1) is 17.0. The lowest BCUT2D eigenvalue weighted by atomic mass is 10.0. The Labute approximate surface area is 143 Å². The van der Waals surface area contributed by atoms with E-state index in [-0.39, 0.29) is 6.61 Å². The van der Waals surface area contributed by atoms with Crippen LogP contribution in [0.2, 0.25) is 0 Å². The van der Waals surface area contributed by atoms with Crippen LogP contribution in [-0.2, 0) is 24.4 Å². The molecule has 0 unspecified atom stereocenters. The van der Waals surface area contributed by atoms with Crippen LogP contribution in [0, 0.1) is 0 Å². The van der Waals surface area contributed by atoms with Gasteiger partial charge in [0, 0.05) is 24.2 Å². The molecule has 2 fully saturated rings. The van der Waals surface area contributed by atoms with Crippen molar-refractivity contribution in [3.05, 3.63) is 28.8 Å². The summed E-state index contributed by atoms with van der Waals surface area (Å²) in [5, 5.41) is 10.7. The van der Waals surface area contributed by atoms with Gasteiger partial charge in [-0.2, -0.15) is 0 Å². The molecular weight excluding hydrogens is 306 g/mol. The van der Waals surface area contributed by atoms with E-state index in [1.807, 2.05) is 12.1 Å². The molecule has 3 N–H and O–H groups in total. The molecule has 132 valence electrons. The molecule has 0 atom stereocenters. The monoisotopic (exact) mass is 333 g/mol. The first-order chi connectivity index (χ1) is 11.6. The summed E-state index contributed by atoms with van der Waals surface area (Å²) in [6.45, 7) is 5.92. The highest BCUT2D eigenvalue weighted by molar-refractivity contribution is 5.64. The van der Waals surface area contributed by atoms with E-state index in [4.69, 9.17) is 10.5 Å². The van der Waals surface area contributed by atoms with Crippen molar-refractivity contribution in [3.63, 3.8) is 0 Å². The lowest BCUT2D eigenvalue weighted by molar-refractivity contribution is 0.150. The third-order valence-electron chi connectivity index (χ3n) is 4.89. The van der Waals surface area contributed by atoms with E-state index >= 15 is 0 Å². The summed E-state index contributed by atoms with van der Waals surface area (Å²) in [6.07, 6.45) is 4.08. The Bertz CT molecular complexity index is 540. The number of benzene rings is 1. The van der Waals surface area contributed by atoms with Crippen molar-refractivity contribution in [2.45, 2.75) is 45.4 Å². The number of hydrogen-bond donors (Lipinski definition) is 2. The minimum atomic E-state index is -0.773. The van der Waals surface area contributed by atoms with Gasteiger partial charge in [0.15, 0.2) is 0 Å².